The topological polar surface area (TPSA) is 94.8 Å². The van der Waals surface area contributed by atoms with Crippen LogP contribution in [0.1, 0.15) is 55.6 Å². The van der Waals surface area contributed by atoms with Crippen molar-refractivity contribution in [3.8, 4) is 11.5 Å². The number of halogens is 1. The lowest BCUT2D eigenvalue weighted by atomic mass is 10.1. The molecule has 0 aliphatic rings. The third-order valence-electron chi connectivity index (χ3n) is 6.71. The zero-order chi connectivity index (χ0) is 30.2. The summed E-state index contributed by atoms with van der Waals surface area (Å²) in [5.41, 5.74) is 3.65. The Kier molecular flexibility index (Phi) is 10.3. The molecule has 0 spiro atoms. The quantitative estimate of drug-likeness (QED) is 0.134. The summed E-state index contributed by atoms with van der Waals surface area (Å²) in [5.74, 6) is 1.24. The van der Waals surface area contributed by atoms with Gasteiger partial charge in [0, 0.05) is 21.6 Å². The molecule has 4 rings (SSSR count). The van der Waals surface area contributed by atoms with Crippen LogP contribution in [-0.2, 0) is 11.2 Å². The van der Waals surface area contributed by atoms with Crippen molar-refractivity contribution >= 4 is 44.6 Å². The molecular formula is C33H35BrN4O4. The van der Waals surface area contributed by atoms with Gasteiger partial charge < -0.3 is 14.8 Å². The minimum absolute atomic E-state index is 0.0139. The van der Waals surface area contributed by atoms with Crippen molar-refractivity contribution in [2.75, 3.05) is 18.5 Å². The van der Waals surface area contributed by atoms with Gasteiger partial charge in [-0.25, -0.2) is 4.98 Å². The van der Waals surface area contributed by atoms with Crippen LogP contribution in [0.4, 0.5) is 5.69 Å². The van der Waals surface area contributed by atoms with Crippen LogP contribution in [0.5, 0.6) is 11.5 Å². The second-order valence-corrected chi connectivity index (χ2v) is 10.9. The molecule has 1 N–H and O–H groups in total. The largest absolute Gasteiger partial charge is 0.490 e. The van der Waals surface area contributed by atoms with Crippen LogP contribution in [0.2, 0.25) is 0 Å². The second-order valence-electron chi connectivity index (χ2n) is 9.94. The van der Waals surface area contributed by atoms with Crippen LogP contribution in [0.3, 0.4) is 0 Å². The second kappa shape index (κ2) is 14.1. The van der Waals surface area contributed by atoms with Crippen LogP contribution in [0, 0.1) is 6.92 Å². The first-order valence-corrected chi connectivity index (χ1v) is 14.7. The normalized spacial score (nSPS) is 11.9. The Morgan fingerprint density at radius 3 is 2.60 bits per heavy atom. The first-order chi connectivity index (χ1) is 20.2. The van der Waals surface area contributed by atoms with Gasteiger partial charge in [-0.3, -0.25) is 9.59 Å². The number of rotatable bonds is 12. The van der Waals surface area contributed by atoms with Gasteiger partial charge >= 0.3 is 0 Å². The Hall–Kier alpha value is -4.24. The number of hydrogen-bond donors (Lipinski definition) is 1. The molecule has 0 saturated carbocycles. The maximum Gasteiger partial charge on any atom is 0.282 e. The third-order valence-corrected chi connectivity index (χ3v) is 7.20. The Bertz CT molecular complexity index is 1680. The summed E-state index contributed by atoms with van der Waals surface area (Å²) in [4.78, 5) is 30.9. The van der Waals surface area contributed by atoms with E-state index >= 15 is 0 Å². The molecule has 1 atom stereocenters. The highest BCUT2D eigenvalue weighted by Gasteiger charge is 2.17. The minimum Gasteiger partial charge on any atom is -0.490 e. The van der Waals surface area contributed by atoms with E-state index in [9.17, 15) is 9.59 Å². The predicted octanol–water partition coefficient (Wildman–Crippen LogP) is 7.01. The van der Waals surface area contributed by atoms with E-state index < -0.39 is 0 Å². The Morgan fingerprint density at radius 1 is 1.14 bits per heavy atom. The first-order valence-electron chi connectivity index (χ1n) is 13.9. The molecular weight excluding hydrogens is 596 g/mol. The molecule has 218 valence electrons. The molecule has 0 radical (unpaired) electrons. The van der Waals surface area contributed by atoms with Gasteiger partial charge in [0.1, 0.15) is 5.82 Å². The lowest BCUT2D eigenvalue weighted by molar-refractivity contribution is -0.118. The highest BCUT2D eigenvalue weighted by atomic mass is 79.9. The number of amides is 1. The fourth-order valence-corrected chi connectivity index (χ4v) is 4.73. The van der Waals surface area contributed by atoms with E-state index in [4.69, 9.17) is 14.5 Å². The van der Waals surface area contributed by atoms with Crippen molar-refractivity contribution in [2.45, 2.75) is 46.5 Å². The number of hydrogen-bond acceptors (Lipinski definition) is 6. The number of nitrogens with zero attached hydrogens (tertiary/aromatic N) is 3. The Labute approximate surface area is 254 Å². The number of anilines is 1. The molecule has 3 aromatic carbocycles. The van der Waals surface area contributed by atoms with E-state index in [0.29, 0.717) is 52.5 Å². The molecule has 4 aromatic rings. The molecule has 0 unspecified atom stereocenters. The van der Waals surface area contributed by atoms with E-state index in [1.165, 1.54) is 4.68 Å². The molecule has 9 heteroatoms. The summed E-state index contributed by atoms with van der Waals surface area (Å²) < 4.78 is 14.1. The number of carbonyl (C=O) groups excluding carboxylic acids is 1. The molecule has 8 nitrogen and oxygen atoms in total. The number of fused-ring (bicyclic) bond motifs is 1. The summed E-state index contributed by atoms with van der Waals surface area (Å²) >= 11 is 3.45. The van der Waals surface area contributed by atoms with Crippen molar-refractivity contribution in [1.29, 1.82) is 0 Å². The van der Waals surface area contributed by atoms with Gasteiger partial charge in [0.2, 0.25) is 0 Å². The zero-order valence-corrected chi connectivity index (χ0v) is 25.9. The maximum atomic E-state index is 13.5. The number of benzene rings is 3. The fraction of sp³-hybridized carbons (Fsp3) is 0.273. The van der Waals surface area contributed by atoms with E-state index in [0.717, 1.165) is 22.0 Å². The minimum atomic E-state index is -0.288. The van der Waals surface area contributed by atoms with Crippen LogP contribution in [0.15, 0.2) is 81.6 Å². The summed E-state index contributed by atoms with van der Waals surface area (Å²) in [6.07, 6.45) is 4.63. The fourth-order valence-electron chi connectivity index (χ4n) is 4.37. The highest BCUT2D eigenvalue weighted by Crippen LogP contribution is 2.34. The van der Waals surface area contributed by atoms with Crippen molar-refractivity contribution in [2.24, 2.45) is 5.10 Å². The number of carbonyl (C=O) groups is 1. The van der Waals surface area contributed by atoms with E-state index in [1.807, 2.05) is 70.2 Å². The average Bonchev–Trinajstić information content (AvgIpc) is 2.97. The standard InChI is InChI=1S/C33H35BrN4O4/c1-6-9-24-16-23(17-29(41-8-3)31(24)42-20-30(39)36-26-13-10-21(4)11-14-26)19-35-38-32(22(5)7-2)37-28-15-12-25(34)18-27(28)33(38)40/h6,10-19,22H,1,7-9,20H2,2-5H3,(H,36,39)/t22-/m1/s1. The summed E-state index contributed by atoms with van der Waals surface area (Å²) in [7, 11) is 0. The maximum absolute atomic E-state index is 13.5. The number of nitrogens with one attached hydrogen (secondary N) is 1. The lowest BCUT2D eigenvalue weighted by Gasteiger charge is -2.17. The highest BCUT2D eigenvalue weighted by molar-refractivity contribution is 9.10. The van der Waals surface area contributed by atoms with Gasteiger partial charge in [-0.15, -0.1) is 6.58 Å². The Balaban J connectivity index is 1.68. The van der Waals surface area contributed by atoms with Gasteiger partial charge in [0.15, 0.2) is 18.1 Å². The molecule has 1 amide bonds. The van der Waals surface area contributed by atoms with Crippen molar-refractivity contribution in [3.63, 3.8) is 0 Å². The van der Waals surface area contributed by atoms with Gasteiger partial charge in [-0.2, -0.15) is 9.78 Å². The van der Waals surface area contributed by atoms with E-state index in [1.54, 1.807) is 24.4 Å². The van der Waals surface area contributed by atoms with Gasteiger partial charge in [-0.05, 0) is 74.7 Å². The number of aromatic nitrogens is 2. The number of ether oxygens (including phenoxy) is 2. The molecule has 42 heavy (non-hydrogen) atoms. The monoisotopic (exact) mass is 630 g/mol. The SMILES string of the molecule is C=CCc1cc(C=Nn2c([C@H](C)CC)nc3ccc(Br)cc3c2=O)cc(OCC)c1OCC(=O)Nc1ccc(C)cc1. The molecule has 0 fully saturated rings. The smallest absolute Gasteiger partial charge is 0.282 e. The predicted molar refractivity (Wildman–Crippen MR) is 172 cm³/mol. The summed E-state index contributed by atoms with van der Waals surface area (Å²) in [5, 5.41) is 7.92. The Morgan fingerprint density at radius 2 is 1.90 bits per heavy atom. The summed E-state index contributed by atoms with van der Waals surface area (Å²) in [6, 6.07) is 16.7. The van der Waals surface area contributed by atoms with Crippen LogP contribution < -0.4 is 20.3 Å². The van der Waals surface area contributed by atoms with Crippen molar-refractivity contribution in [3.05, 3.63) is 105 Å². The van der Waals surface area contributed by atoms with Gasteiger partial charge in [0.25, 0.3) is 11.5 Å². The lowest BCUT2D eigenvalue weighted by Crippen LogP contribution is -2.23. The number of aryl methyl sites for hydroxylation is 1. The molecule has 1 aromatic heterocycles. The van der Waals surface area contributed by atoms with Crippen molar-refractivity contribution < 1.29 is 14.3 Å². The molecule has 0 aliphatic carbocycles. The first kappa shape index (κ1) is 30.7. The zero-order valence-electron chi connectivity index (χ0n) is 24.3. The van der Waals surface area contributed by atoms with E-state index in [2.05, 4.69) is 32.9 Å². The third kappa shape index (κ3) is 7.33. The molecule has 0 bridgehead atoms. The van der Waals surface area contributed by atoms with Gasteiger partial charge in [0.05, 0.1) is 23.7 Å². The van der Waals surface area contributed by atoms with Crippen LogP contribution >= 0.6 is 15.9 Å². The van der Waals surface area contributed by atoms with Gasteiger partial charge in [-0.1, -0.05) is 53.5 Å². The summed E-state index contributed by atoms with van der Waals surface area (Å²) in [6.45, 7) is 12.0. The van der Waals surface area contributed by atoms with E-state index in [-0.39, 0.29) is 24.0 Å². The molecule has 1 heterocycles. The van der Waals surface area contributed by atoms with Crippen LogP contribution in [-0.4, -0.2) is 35.0 Å². The molecule has 0 saturated heterocycles. The molecule has 0 aliphatic heterocycles. The number of allylic oxidation sites excluding steroid dienone is 1. The van der Waals surface area contributed by atoms with Crippen LogP contribution in [0.25, 0.3) is 10.9 Å². The average molecular weight is 632 g/mol. The van der Waals surface area contributed by atoms with Crippen molar-refractivity contribution in [1.82, 2.24) is 9.66 Å².